The summed E-state index contributed by atoms with van der Waals surface area (Å²) in [5.74, 6) is -0.462. The number of hydrogen-bond acceptors (Lipinski definition) is 12. The van der Waals surface area contributed by atoms with Gasteiger partial charge in [0.1, 0.15) is 23.0 Å². The highest BCUT2D eigenvalue weighted by molar-refractivity contribution is 7.28. The van der Waals surface area contributed by atoms with Crippen molar-refractivity contribution >= 4 is 110 Å². The monoisotopic (exact) mass is 1300 g/mol. The van der Waals surface area contributed by atoms with Crippen molar-refractivity contribution in [3.63, 3.8) is 0 Å². The third-order valence-electron chi connectivity index (χ3n) is 14.9. The summed E-state index contributed by atoms with van der Waals surface area (Å²) in [6.45, 7) is 27.3. The first-order chi connectivity index (χ1) is 43.6. The summed E-state index contributed by atoms with van der Waals surface area (Å²) in [7, 11) is 0. The van der Waals surface area contributed by atoms with E-state index in [1.54, 1.807) is 40.9 Å². The highest BCUT2D eigenvalue weighted by atomic mass is 32.1. The molecule has 9 aromatic rings. The summed E-state index contributed by atoms with van der Waals surface area (Å²) >= 11 is 11.1. The molecule has 14 heteroatoms. The number of thiophene rings is 6. The molecule has 0 aliphatic heterocycles. The fourth-order valence-corrected chi connectivity index (χ4v) is 18.7. The van der Waals surface area contributed by atoms with Gasteiger partial charge in [-0.15, -0.1) is 68.0 Å². The Hall–Kier alpha value is -7.66. The Bertz CT molecular complexity index is 4150. The van der Waals surface area contributed by atoms with Crippen LogP contribution in [-0.4, -0.2) is 23.1 Å². The van der Waals surface area contributed by atoms with Crippen LogP contribution in [0.25, 0.3) is 76.9 Å². The van der Waals surface area contributed by atoms with Gasteiger partial charge >= 0.3 is 11.9 Å². The molecular formula is C76H77N3O5S6. The number of hydrogen-bond donors (Lipinski definition) is 1. The predicted octanol–water partition coefficient (Wildman–Crippen LogP) is 23.9. The molecule has 0 atom stereocenters. The molecule has 3 aromatic carbocycles. The molecule has 0 saturated carbocycles. The van der Waals surface area contributed by atoms with Crippen LogP contribution in [0.3, 0.4) is 0 Å². The second kappa shape index (κ2) is 31.4. The highest BCUT2D eigenvalue weighted by Crippen LogP contribution is 2.51. The number of allylic oxidation sites excluding steroid dienone is 4. The molecule has 0 unspecified atom stereocenters. The molecule has 0 radical (unpaired) electrons. The van der Waals surface area contributed by atoms with Crippen molar-refractivity contribution in [1.82, 2.24) is 0 Å². The third-order valence-corrected chi connectivity index (χ3v) is 22.7. The van der Waals surface area contributed by atoms with Crippen molar-refractivity contribution in [2.45, 2.75) is 145 Å². The van der Waals surface area contributed by atoms with E-state index in [1.807, 2.05) is 57.5 Å². The fraction of sp³-hybridized carbons (Fsp3) is 0.289. The van der Waals surface area contributed by atoms with Gasteiger partial charge in [0.05, 0.1) is 6.57 Å². The number of ether oxygens (including phenoxy) is 2. The Labute approximate surface area is 555 Å². The van der Waals surface area contributed by atoms with Crippen molar-refractivity contribution in [3.8, 4) is 71.7 Å². The van der Waals surface area contributed by atoms with Gasteiger partial charge in [-0.1, -0.05) is 116 Å². The Morgan fingerprint density at radius 3 is 1.22 bits per heavy atom. The zero-order chi connectivity index (χ0) is 63.9. The maximum absolute atomic E-state index is 11.5. The summed E-state index contributed by atoms with van der Waals surface area (Å²) in [5, 5.41) is 18.7. The van der Waals surface area contributed by atoms with Gasteiger partial charge in [0, 0.05) is 75.6 Å². The number of carbonyl (C=O) groups excluding carboxylic acids is 1. The summed E-state index contributed by atoms with van der Waals surface area (Å²) in [5.41, 5.74) is 13.0. The minimum atomic E-state index is -1.23. The quantitative estimate of drug-likeness (QED) is 0.0124. The number of carbonyl (C=O) groups is 2. The number of carboxylic acids is 1. The van der Waals surface area contributed by atoms with E-state index in [2.05, 4.69) is 181 Å². The molecule has 0 amide bonds. The Morgan fingerprint density at radius 2 is 0.878 bits per heavy atom. The largest absolute Gasteiger partial charge is 0.488 e. The van der Waals surface area contributed by atoms with Crippen LogP contribution < -0.4 is 9.64 Å². The summed E-state index contributed by atoms with van der Waals surface area (Å²) < 4.78 is 11.1. The number of benzene rings is 3. The number of nitrogens with zero attached hydrogens (tertiary/aromatic N) is 3. The van der Waals surface area contributed by atoms with Crippen molar-refractivity contribution in [2.75, 3.05) is 4.90 Å². The normalized spacial score (nSPS) is 12.1. The topological polar surface area (TPSA) is 104 Å². The molecule has 1 N–H and O–H groups in total. The van der Waals surface area contributed by atoms with Crippen LogP contribution in [0.4, 0.5) is 17.1 Å². The van der Waals surface area contributed by atoms with E-state index < -0.39 is 5.97 Å². The Kier molecular flexibility index (Phi) is 23.3. The molecule has 0 bridgehead atoms. The average molecular weight is 1300 g/mol. The molecule has 8 nitrogen and oxygen atoms in total. The van der Waals surface area contributed by atoms with Crippen LogP contribution in [0, 0.1) is 17.9 Å². The Balaban J connectivity index is 1.05. The van der Waals surface area contributed by atoms with E-state index in [4.69, 9.17) is 16.0 Å². The smallest absolute Gasteiger partial charge is 0.347 e. The molecule has 0 aliphatic carbocycles. The van der Waals surface area contributed by atoms with Crippen molar-refractivity contribution in [1.29, 1.82) is 5.26 Å². The van der Waals surface area contributed by atoms with Gasteiger partial charge in [-0.3, -0.25) is 4.79 Å². The lowest BCUT2D eigenvalue weighted by Gasteiger charge is -2.27. The molecular weight excluding hydrogens is 1230 g/mol. The van der Waals surface area contributed by atoms with Gasteiger partial charge in [-0.2, -0.15) is 10.1 Å². The van der Waals surface area contributed by atoms with E-state index in [1.165, 1.54) is 105 Å². The molecule has 0 fully saturated rings. The van der Waals surface area contributed by atoms with Crippen LogP contribution in [0.15, 0.2) is 145 Å². The molecule has 0 saturated heterocycles. The van der Waals surface area contributed by atoms with E-state index in [0.717, 1.165) is 110 Å². The maximum Gasteiger partial charge on any atom is 0.347 e. The van der Waals surface area contributed by atoms with Crippen LogP contribution in [-0.2, 0) is 52.9 Å². The summed E-state index contributed by atoms with van der Waals surface area (Å²) in [6.07, 6.45) is 22.3. The minimum Gasteiger partial charge on any atom is -0.488 e. The molecule has 6 aromatic heterocycles. The van der Waals surface area contributed by atoms with E-state index in [-0.39, 0.29) is 23.5 Å². The number of rotatable bonds is 29. The maximum atomic E-state index is 11.5. The number of nitriles is 1. The predicted molar refractivity (Wildman–Crippen MR) is 387 cm³/mol. The number of aliphatic carboxylic acids is 1. The van der Waals surface area contributed by atoms with Gasteiger partial charge in [0.15, 0.2) is 0 Å². The zero-order valence-electron chi connectivity index (χ0n) is 52.8. The number of anilines is 3. The van der Waals surface area contributed by atoms with Crippen LogP contribution in [0.5, 0.6) is 5.75 Å². The molecule has 6 heterocycles. The summed E-state index contributed by atoms with van der Waals surface area (Å²) in [6, 6.07) is 42.7. The van der Waals surface area contributed by atoms with Crippen LogP contribution in [0.1, 0.15) is 144 Å². The van der Waals surface area contributed by atoms with E-state index in [0.29, 0.717) is 0 Å². The molecule has 0 spiro atoms. The van der Waals surface area contributed by atoms with Gasteiger partial charge in [0.2, 0.25) is 0 Å². The van der Waals surface area contributed by atoms with E-state index in [9.17, 15) is 20.0 Å². The second-order valence-corrected chi connectivity index (χ2v) is 29.4. The first kappa shape index (κ1) is 66.8. The van der Waals surface area contributed by atoms with E-state index >= 15 is 0 Å². The average Bonchev–Trinajstić information content (AvgIpc) is 1.63. The molecule has 90 heavy (non-hydrogen) atoms. The van der Waals surface area contributed by atoms with Crippen LogP contribution >= 0.6 is 68.0 Å². The first-order valence-electron chi connectivity index (χ1n) is 31.1. The van der Waals surface area contributed by atoms with Crippen molar-refractivity contribution in [2.24, 2.45) is 0 Å². The molecule has 0 aliphatic rings. The summed E-state index contributed by atoms with van der Waals surface area (Å²) in [4.78, 5) is 43.1. The second-order valence-electron chi connectivity index (χ2n) is 23.1. The SMILES string of the molecule is [C-]#[N+]/C(=C\C=C\c1cc(CCC)c(-c2cc(CCC)c(-c3cc(CCC)c(-c4ccc(N(c5ccc(OC(C)(C)C)cc5)c5ccc(-c6sc(-c7sc(-c8sc(/C=C/C=C(\C#N)C(=O)O)cc8CCC)cc7CCC)cc6CCC)cc5)cc4)s3)s2)s1)OC=O. The van der Waals surface area contributed by atoms with Gasteiger partial charge < -0.3 is 19.5 Å². The van der Waals surface area contributed by atoms with Crippen molar-refractivity contribution in [3.05, 3.63) is 200 Å². The third kappa shape index (κ3) is 16.3. The highest BCUT2D eigenvalue weighted by Gasteiger charge is 2.24. The number of aryl methyl sites for hydroxylation is 6. The lowest BCUT2D eigenvalue weighted by Crippen LogP contribution is -2.22. The molecule has 9 rings (SSSR count). The lowest BCUT2D eigenvalue weighted by molar-refractivity contribution is -0.132. The Morgan fingerprint density at radius 1 is 0.533 bits per heavy atom. The van der Waals surface area contributed by atoms with Crippen LogP contribution in [0.2, 0.25) is 0 Å². The minimum absolute atomic E-state index is 0.0593. The fourth-order valence-electron chi connectivity index (χ4n) is 11.0. The zero-order valence-corrected chi connectivity index (χ0v) is 57.7. The van der Waals surface area contributed by atoms with Gasteiger partial charge in [-0.25, -0.2) is 4.79 Å². The van der Waals surface area contributed by atoms with Gasteiger partial charge in [0.25, 0.3) is 6.47 Å². The van der Waals surface area contributed by atoms with Gasteiger partial charge in [-0.05, 0) is 213 Å². The lowest BCUT2D eigenvalue weighted by atomic mass is 10.0. The van der Waals surface area contributed by atoms with Crippen molar-refractivity contribution < 1.29 is 24.2 Å². The first-order valence-corrected chi connectivity index (χ1v) is 36.0. The molecule has 462 valence electrons. The number of carboxylic acid groups (broad SMARTS) is 1. The standard InChI is InChI=1S/C76H77N3O5S6/c1-11-19-51-41-62(26-17-25-57(47-77)75(81)82)85-71(51)64-45-55(23-15-5)73(89-64)66-43-53(21-13-3)69(87-66)49-29-33-58(34-30-49)79(60-37-39-61(40-38-60)84-76(7,8)9)59-35-31-50(32-36-59)70-54(22-14-4)44-67(88-70)74-56(24-16-6)46-65(90-74)72-52(20-12-2)42-63(86-72)27-18-28-68(78-10)83-48-80/h17-18,25-46,48H,11-16,19-24H2,1-9H3,(H,81,82)/b26-17+,27-18+,57-25+,68-28+.